The molecule has 0 bridgehead atoms. The normalized spacial score (nSPS) is 10.7. The average Bonchev–Trinajstić information content (AvgIpc) is 2.54. The number of hydrogen-bond acceptors (Lipinski definition) is 9. The molecule has 132 valence electrons. The molecule has 0 atom stereocenters. The SMILES string of the molecule is CNC(=O)ON=C(SC)C(=O)N(C)C.O=P(OF)(OF)OF.[LiH]. The Kier molecular flexibility index (Phi) is 17.5. The number of rotatable bonds is 4. The van der Waals surface area contributed by atoms with Crippen molar-refractivity contribution in [3.63, 3.8) is 0 Å². The zero-order valence-electron chi connectivity index (χ0n) is 11.7. The van der Waals surface area contributed by atoms with Crippen molar-refractivity contribution in [3.8, 4) is 0 Å². The number of carbonyl (C=O) groups excluding carboxylic acids is 2. The molecule has 1 N–H and O–H groups in total. The quantitative estimate of drug-likeness (QED) is 0.194. The van der Waals surface area contributed by atoms with E-state index in [9.17, 15) is 27.7 Å². The number of oxime groups is 1. The van der Waals surface area contributed by atoms with Gasteiger partial charge in [0.1, 0.15) is 0 Å². The van der Waals surface area contributed by atoms with E-state index >= 15 is 0 Å². The van der Waals surface area contributed by atoms with Crippen LogP contribution in [-0.2, 0) is 28.4 Å². The summed E-state index contributed by atoms with van der Waals surface area (Å²) in [6, 6.07) is 0. The molecule has 0 aromatic rings. The van der Waals surface area contributed by atoms with Gasteiger partial charge in [-0.05, 0) is 19.8 Å². The second-order valence-electron chi connectivity index (χ2n) is 3.08. The van der Waals surface area contributed by atoms with Gasteiger partial charge in [-0.15, -0.1) is 11.8 Å². The summed E-state index contributed by atoms with van der Waals surface area (Å²) < 4.78 is 47.5. The van der Waals surface area contributed by atoms with Crippen LogP contribution in [0.2, 0.25) is 0 Å². The standard InChI is InChI=1S/C7H13N3O3S.F3O4P.Li.H/c1-8-7(12)13-9-5(14-4)6(11)10(2)3;1-5-8(4,6-2)7-3;;/h1-4H3,(H,8,12);;;. The first-order chi connectivity index (χ1) is 10.2. The van der Waals surface area contributed by atoms with E-state index in [4.69, 9.17) is 0 Å². The molecule has 0 radical (unpaired) electrons. The molecule has 0 saturated carbocycles. The third kappa shape index (κ3) is 12.4. The number of hydrogen-bond donors (Lipinski definition) is 1. The van der Waals surface area contributed by atoms with Crippen molar-refractivity contribution in [3.05, 3.63) is 0 Å². The molecule has 0 aliphatic heterocycles. The van der Waals surface area contributed by atoms with Crippen LogP contribution in [0.15, 0.2) is 5.16 Å². The topological polar surface area (TPSA) is 116 Å². The van der Waals surface area contributed by atoms with Crippen LogP contribution in [-0.4, -0.2) is 68.2 Å². The van der Waals surface area contributed by atoms with E-state index in [1.807, 2.05) is 0 Å². The van der Waals surface area contributed by atoms with Crippen LogP contribution in [0, 0.1) is 0 Å². The predicted octanol–water partition coefficient (Wildman–Crippen LogP) is 1.26. The maximum absolute atomic E-state index is 11.3. The molecule has 0 saturated heterocycles. The van der Waals surface area contributed by atoms with Gasteiger partial charge in [0.2, 0.25) is 5.04 Å². The molecule has 0 aliphatic rings. The zero-order valence-corrected chi connectivity index (χ0v) is 13.5. The van der Waals surface area contributed by atoms with Crippen LogP contribution in [0.5, 0.6) is 0 Å². The van der Waals surface area contributed by atoms with Gasteiger partial charge in [0.15, 0.2) is 0 Å². The van der Waals surface area contributed by atoms with Gasteiger partial charge in [0, 0.05) is 21.1 Å². The molecule has 0 spiro atoms. The molecule has 0 aromatic heterocycles. The number of halogens is 3. The summed E-state index contributed by atoms with van der Waals surface area (Å²) in [5.41, 5.74) is 0. The second-order valence-corrected chi connectivity index (χ2v) is 5.19. The molecule has 0 fully saturated rings. The third-order valence-corrected chi connectivity index (χ3v) is 2.59. The summed E-state index contributed by atoms with van der Waals surface area (Å²) in [6.07, 6.45) is 0.969. The van der Waals surface area contributed by atoms with E-state index < -0.39 is 13.9 Å². The van der Waals surface area contributed by atoms with Crippen molar-refractivity contribution in [2.45, 2.75) is 0 Å². The molecule has 10 nitrogen and oxygen atoms in total. The minimum atomic E-state index is -5.16. The Hall–Kier alpha value is -0.743. The first kappa shape index (κ1) is 27.1. The Bertz CT molecular complexity index is 426. The Balaban J connectivity index is -0.000000382. The van der Waals surface area contributed by atoms with E-state index in [2.05, 4.69) is 29.5 Å². The fourth-order valence-electron chi connectivity index (χ4n) is 0.515. The van der Waals surface area contributed by atoms with Crippen molar-refractivity contribution < 1.29 is 46.8 Å². The van der Waals surface area contributed by atoms with Crippen molar-refractivity contribution in [1.82, 2.24) is 10.2 Å². The molecule has 0 aromatic carbocycles. The summed E-state index contributed by atoms with van der Waals surface area (Å²) in [5, 5.41) is 5.74. The molecule has 0 aliphatic carbocycles. The van der Waals surface area contributed by atoms with Crippen molar-refractivity contribution in [1.29, 1.82) is 0 Å². The van der Waals surface area contributed by atoms with Gasteiger partial charge < -0.3 is 10.2 Å². The van der Waals surface area contributed by atoms with Crippen LogP contribution in [0.3, 0.4) is 0 Å². The van der Waals surface area contributed by atoms with Crippen LogP contribution in [0.1, 0.15) is 0 Å². The minimum absolute atomic E-state index is 0. The number of amides is 2. The molecule has 16 heteroatoms. The Morgan fingerprint density at radius 1 is 1.17 bits per heavy atom. The van der Waals surface area contributed by atoms with Gasteiger partial charge in [-0.1, -0.05) is 19.3 Å². The molecular formula is C7H14F3LiN3O7PS. The maximum atomic E-state index is 11.3. The monoisotopic (exact) mass is 379 g/mol. The molecule has 0 unspecified atom stereocenters. The van der Waals surface area contributed by atoms with Gasteiger partial charge in [-0.2, -0.15) is 0 Å². The van der Waals surface area contributed by atoms with Gasteiger partial charge in [0.25, 0.3) is 5.91 Å². The number of nitrogens with zero attached hydrogens (tertiary/aromatic N) is 2. The number of carbonyl (C=O) groups is 2. The summed E-state index contributed by atoms with van der Waals surface area (Å²) in [6.45, 7) is 0. The summed E-state index contributed by atoms with van der Waals surface area (Å²) in [5.74, 6) is -0.304. The number of nitrogens with one attached hydrogen (secondary N) is 1. The zero-order chi connectivity index (χ0) is 17.8. The molecular weight excluding hydrogens is 365 g/mol. The number of phosphoric acid groups is 1. The van der Waals surface area contributed by atoms with Gasteiger partial charge >= 0.3 is 32.8 Å². The van der Waals surface area contributed by atoms with Crippen LogP contribution < -0.4 is 5.32 Å². The Labute approximate surface area is 145 Å². The predicted molar refractivity (Wildman–Crippen MR) is 76.5 cm³/mol. The molecule has 2 amide bonds. The first-order valence-electron chi connectivity index (χ1n) is 4.94. The third-order valence-electron chi connectivity index (χ3n) is 1.45. The van der Waals surface area contributed by atoms with Crippen molar-refractivity contribution in [2.24, 2.45) is 5.16 Å². The van der Waals surface area contributed by atoms with Crippen LogP contribution >= 0.6 is 19.6 Å². The van der Waals surface area contributed by atoms with Gasteiger partial charge in [0.05, 0.1) is 0 Å². The van der Waals surface area contributed by atoms with E-state index in [1.165, 1.54) is 11.9 Å². The van der Waals surface area contributed by atoms with Crippen LogP contribution in [0.25, 0.3) is 0 Å². The summed E-state index contributed by atoms with van der Waals surface area (Å²) >= 11 is 1.11. The van der Waals surface area contributed by atoms with E-state index in [0.717, 1.165) is 11.8 Å². The van der Waals surface area contributed by atoms with E-state index in [-0.39, 0.29) is 29.8 Å². The molecule has 0 heterocycles. The van der Waals surface area contributed by atoms with Crippen molar-refractivity contribution >= 4 is 55.5 Å². The van der Waals surface area contributed by atoms with Gasteiger partial charge in [-0.25, -0.2) is 9.36 Å². The summed E-state index contributed by atoms with van der Waals surface area (Å²) in [7, 11) is -0.572. The second kappa shape index (κ2) is 14.8. The fourth-order valence-corrected chi connectivity index (χ4v) is 1.05. The van der Waals surface area contributed by atoms with Crippen molar-refractivity contribution in [2.75, 3.05) is 27.4 Å². The summed E-state index contributed by atoms with van der Waals surface area (Å²) in [4.78, 5) is 27.7. The van der Waals surface area contributed by atoms with Gasteiger partial charge in [-0.3, -0.25) is 9.63 Å². The Morgan fingerprint density at radius 3 is 1.83 bits per heavy atom. The molecule has 0 rings (SSSR count). The first-order valence-corrected chi connectivity index (χ1v) is 7.63. The van der Waals surface area contributed by atoms with E-state index in [1.54, 1.807) is 20.4 Å². The van der Waals surface area contributed by atoms with Crippen LogP contribution in [0.4, 0.5) is 18.4 Å². The number of thioether (sulfide) groups is 1. The Morgan fingerprint density at radius 2 is 1.61 bits per heavy atom. The average molecular weight is 379 g/mol. The van der Waals surface area contributed by atoms with E-state index in [0.29, 0.717) is 0 Å². The molecule has 23 heavy (non-hydrogen) atoms. The fraction of sp³-hybridized carbons (Fsp3) is 0.571.